The molecule has 0 amide bonds. The summed E-state index contributed by atoms with van der Waals surface area (Å²) in [5.41, 5.74) is -6.88. The van der Waals surface area contributed by atoms with E-state index in [4.69, 9.17) is 4.74 Å². The molecule has 11 heteroatoms. The van der Waals surface area contributed by atoms with Gasteiger partial charge in [0.25, 0.3) is 0 Å². The lowest BCUT2D eigenvalue weighted by Gasteiger charge is -2.63. The van der Waals surface area contributed by atoms with Crippen molar-refractivity contribution in [3.63, 3.8) is 0 Å². The first-order chi connectivity index (χ1) is 16.3. The van der Waals surface area contributed by atoms with Gasteiger partial charge in [0.05, 0.1) is 6.10 Å². The molecule has 9 atom stereocenters. The van der Waals surface area contributed by atoms with E-state index < -0.39 is 69.0 Å². The van der Waals surface area contributed by atoms with E-state index in [1.165, 1.54) is 24.5 Å². The van der Waals surface area contributed by atoms with E-state index in [0.717, 1.165) is 17.6 Å². The summed E-state index contributed by atoms with van der Waals surface area (Å²) in [6.45, 7) is 4.92. The average Bonchev–Trinajstić information content (AvgIpc) is 3.39. The number of allylic oxidation sites excluding steroid dienone is 4. The van der Waals surface area contributed by atoms with E-state index in [9.17, 15) is 19.5 Å². The van der Waals surface area contributed by atoms with Crippen molar-refractivity contribution in [1.82, 2.24) is 9.59 Å². The lowest BCUT2D eigenvalue weighted by atomic mass is 9.44. The molecule has 0 aliphatic heterocycles. The number of fused-ring (bicyclic) bond motifs is 5. The van der Waals surface area contributed by atoms with Gasteiger partial charge in [-0.2, -0.15) is 0 Å². The molecule has 188 valence electrons. The van der Waals surface area contributed by atoms with Crippen LogP contribution in [-0.4, -0.2) is 55.1 Å². The van der Waals surface area contributed by atoms with Crippen molar-refractivity contribution in [3.8, 4) is 0 Å². The maximum absolute atomic E-state index is 17.3. The van der Waals surface area contributed by atoms with Gasteiger partial charge in [-0.05, 0) is 61.4 Å². The predicted molar refractivity (Wildman–Crippen MR) is 125 cm³/mol. The average molecular weight is 525 g/mol. The van der Waals surface area contributed by atoms with E-state index in [-0.39, 0.29) is 30.5 Å². The third kappa shape index (κ3) is 2.94. The minimum atomic E-state index is -2.29. The van der Waals surface area contributed by atoms with Crippen LogP contribution in [0.15, 0.2) is 29.2 Å². The summed E-state index contributed by atoms with van der Waals surface area (Å²) in [7, 11) is 0. The molecule has 7 nitrogen and oxygen atoms in total. The molecule has 1 heterocycles. The number of nitrogens with zero attached hydrogens (tertiary/aromatic N) is 2. The second kappa shape index (κ2) is 7.76. The largest absolute Gasteiger partial charge is 0.444 e. The fourth-order valence-electron chi connectivity index (χ4n) is 7.69. The zero-order valence-corrected chi connectivity index (χ0v) is 21.1. The van der Waals surface area contributed by atoms with Crippen molar-refractivity contribution in [2.24, 2.45) is 28.6 Å². The van der Waals surface area contributed by atoms with Crippen LogP contribution < -0.4 is 0 Å². The minimum absolute atomic E-state index is 0.0245. The monoisotopic (exact) mass is 524 g/mol. The van der Waals surface area contributed by atoms with Crippen LogP contribution in [0.5, 0.6) is 0 Å². The fourth-order valence-corrected chi connectivity index (χ4v) is 8.64. The molecule has 1 aromatic rings. The van der Waals surface area contributed by atoms with E-state index >= 15 is 8.78 Å². The van der Waals surface area contributed by atoms with E-state index in [1.54, 1.807) is 13.8 Å². The van der Waals surface area contributed by atoms with E-state index in [2.05, 4.69) is 22.2 Å². The number of carbonyl (C=O) groups excluding carboxylic acids is 3. The second-order valence-corrected chi connectivity index (χ2v) is 11.7. The first-order valence-corrected chi connectivity index (χ1v) is 12.8. The Bertz CT molecular complexity index is 1170. The Morgan fingerprint density at radius 2 is 2.00 bits per heavy atom. The van der Waals surface area contributed by atoms with Gasteiger partial charge in [0.15, 0.2) is 22.7 Å². The molecule has 3 saturated carbocycles. The first-order valence-electron chi connectivity index (χ1n) is 11.5. The maximum atomic E-state index is 17.3. The van der Waals surface area contributed by atoms with E-state index in [0.29, 0.717) is 0 Å². The van der Waals surface area contributed by atoms with Gasteiger partial charge in [0.2, 0.25) is 5.12 Å². The second-order valence-electron chi connectivity index (χ2n) is 10.7. The standard InChI is InChI=1S/C24H26F2N2O5S2/c1-11-6-13-14-8-16(25)15-7-12(29)4-5-21(15,2)23(14,26)18(30)9-22(13,3)24(11,20(32)34)33-19(31)17-10-35-28-27-17/h4-5,7,10-11,13-14,16,18,30H,6,8-9H2,1-3H3,(H,32,34)/t11-,13+,14+,16+,18+,21+,22+,23+,24+/m1/s1. The Morgan fingerprint density at radius 1 is 1.29 bits per heavy atom. The maximum Gasteiger partial charge on any atom is 0.360 e. The predicted octanol–water partition coefficient (Wildman–Crippen LogP) is 3.45. The Labute approximate surface area is 210 Å². The lowest BCUT2D eigenvalue weighted by Crippen LogP contribution is -2.70. The summed E-state index contributed by atoms with van der Waals surface area (Å²) in [5, 5.41) is 15.8. The van der Waals surface area contributed by atoms with Crippen molar-refractivity contribution in [2.45, 2.75) is 63.6 Å². The highest BCUT2D eigenvalue weighted by Gasteiger charge is 2.78. The van der Waals surface area contributed by atoms with Crippen LogP contribution in [0.2, 0.25) is 0 Å². The summed E-state index contributed by atoms with van der Waals surface area (Å²) in [5.74, 6) is -3.47. The molecule has 0 unspecified atom stereocenters. The van der Waals surface area contributed by atoms with Crippen molar-refractivity contribution in [1.29, 1.82) is 0 Å². The van der Waals surface area contributed by atoms with Crippen molar-refractivity contribution >= 4 is 41.0 Å². The highest BCUT2D eigenvalue weighted by atomic mass is 32.1. The summed E-state index contributed by atoms with van der Waals surface area (Å²) < 4.78 is 42.3. The number of aliphatic hydroxyl groups is 1. The van der Waals surface area contributed by atoms with Crippen molar-refractivity contribution < 1.29 is 33.0 Å². The quantitative estimate of drug-likeness (QED) is 0.461. The third-order valence-corrected chi connectivity index (χ3v) is 10.1. The Hall–Kier alpha value is -1.98. The summed E-state index contributed by atoms with van der Waals surface area (Å²) in [6.07, 6.45) is 0.269. The van der Waals surface area contributed by atoms with E-state index in [1.807, 2.05) is 0 Å². The van der Waals surface area contributed by atoms with Gasteiger partial charge in [-0.3, -0.25) is 9.59 Å². The third-order valence-electron chi connectivity index (χ3n) is 9.31. The van der Waals surface area contributed by atoms with Crippen molar-refractivity contribution in [2.75, 3.05) is 0 Å². The molecule has 4 aliphatic rings. The topological polar surface area (TPSA) is 106 Å². The van der Waals surface area contributed by atoms with Crippen LogP contribution in [0, 0.1) is 28.6 Å². The van der Waals surface area contributed by atoms with Gasteiger partial charge in [-0.1, -0.05) is 24.4 Å². The van der Waals surface area contributed by atoms with Gasteiger partial charge < -0.3 is 9.84 Å². The number of hydrogen-bond donors (Lipinski definition) is 2. The highest BCUT2D eigenvalue weighted by Crippen LogP contribution is 2.71. The van der Waals surface area contributed by atoms with Crippen LogP contribution >= 0.6 is 24.2 Å². The van der Waals surface area contributed by atoms with Crippen LogP contribution in [0.3, 0.4) is 0 Å². The number of carbonyl (C=O) groups is 3. The number of halogens is 2. The molecule has 0 spiro atoms. The number of ether oxygens (including phenoxy) is 1. The smallest absolute Gasteiger partial charge is 0.360 e. The molecule has 0 radical (unpaired) electrons. The number of thiol groups is 1. The number of ketones is 1. The lowest BCUT2D eigenvalue weighted by molar-refractivity contribution is -0.221. The molecular formula is C24H26F2N2O5S2. The van der Waals surface area contributed by atoms with Gasteiger partial charge in [0, 0.05) is 28.0 Å². The molecule has 0 bridgehead atoms. The van der Waals surface area contributed by atoms with Crippen molar-refractivity contribution in [3.05, 3.63) is 34.9 Å². The van der Waals surface area contributed by atoms with Crippen LogP contribution in [0.4, 0.5) is 8.78 Å². The molecule has 1 aromatic heterocycles. The summed E-state index contributed by atoms with van der Waals surface area (Å²) >= 11 is 5.06. The van der Waals surface area contributed by atoms with Crippen LogP contribution in [0.25, 0.3) is 0 Å². The van der Waals surface area contributed by atoms with Crippen LogP contribution in [0.1, 0.15) is 50.5 Å². The zero-order valence-electron chi connectivity index (χ0n) is 19.4. The summed E-state index contributed by atoms with van der Waals surface area (Å²) in [4.78, 5) is 38.0. The number of alkyl halides is 2. The fraction of sp³-hybridized carbons (Fsp3) is 0.625. The van der Waals surface area contributed by atoms with Crippen LogP contribution in [-0.2, 0) is 14.3 Å². The van der Waals surface area contributed by atoms with Gasteiger partial charge in [0.1, 0.15) is 6.17 Å². The highest BCUT2D eigenvalue weighted by molar-refractivity contribution is 7.96. The normalized spacial score (nSPS) is 46.3. The Balaban J connectivity index is 1.62. The van der Waals surface area contributed by atoms with Gasteiger partial charge in [-0.15, -0.1) is 17.7 Å². The molecule has 1 N–H and O–H groups in total. The number of rotatable bonds is 3. The van der Waals surface area contributed by atoms with Gasteiger partial charge >= 0.3 is 5.97 Å². The number of hydrogen-bond acceptors (Lipinski definition) is 8. The first kappa shape index (κ1) is 24.7. The number of esters is 1. The molecular weight excluding hydrogens is 498 g/mol. The number of aromatic nitrogens is 2. The molecule has 5 rings (SSSR count). The summed E-state index contributed by atoms with van der Waals surface area (Å²) in [6, 6.07) is 0. The van der Waals surface area contributed by atoms with Gasteiger partial charge in [-0.25, -0.2) is 13.6 Å². The molecule has 35 heavy (non-hydrogen) atoms. The number of aliphatic hydroxyl groups excluding tert-OH is 1. The Morgan fingerprint density at radius 3 is 2.63 bits per heavy atom. The zero-order chi connectivity index (χ0) is 25.6. The molecule has 0 aromatic carbocycles. The molecule has 0 saturated heterocycles. The molecule has 3 fully saturated rings. The SMILES string of the molecule is C[C@@H]1C[C@H]2[C@@H]3C[C@H](F)C4=CC(=O)C=C[C@]4(C)[C@@]3(F)[C@@H](O)C[C@]2(C)[C@@]1(OC(=O)c1csnn1)C(=O)S. The molecule has 4 aliphatic carbocycles. The Kier molecular flexibility index (Phi) is 5.48. The minimum Gasteiger partial charge on any atom is -0.444 e.